The fourth-order valence-electron chi connectivity index (χ4n) is 4.44. The van der Waals surface area contributed by atoms with Crippen molar-refractivity contribution in [1.29, 1.82) is 0 Å². The van der Waals surface area contributed by atoms with Crippen LogP contribution in [0.1, 0.15) is 36.9 Å². The maximum absolute atomic E-state index is 13.4. The summed E-state index contributed by atoms with van der Waals surface area (Å²) in [6.45, 7) is 2.64. The monoisotopic (exact) mass is 459 g/mol. The normalized spacial score (nSPS) is 16.6. The highest BCUT2D eigenvalue weighted by Gasteiger charge is 2.33. The van der Waals surface area contributed by atoms with E-state index in [0.29, 0.717) is 28.9 Å². The summed E-state index contributed by atoms with van der Waals surface area (Å²) in [5, 5.41) is 12.7. The van der Waals surface area contributed by atoms with Crippen LogP contribution in [0.15, 0.2) is 83.8 Å². The van der Waals surface area contributed by atoms with E-state index >= 15 is 0 Å². The van der Waals surface area contributed by atoms with Gasteiger partial charge in [-0.15, -0.1) is 0 Å². The third-order valence-corrected chi connectivity index (χ3v) is 7.57. The van der Waals surface area contributed by atoms with Crippen molar-refractivity contribution in [3.63, 3.8) is 0 Å². The molecule has 33 heavy (non-hydrogen) atoms. The minimum atomic E-state index is -3.85. The van der Waals surface area contributed by atoms with Crippen LogP contribution in [0.25, 0.3) is 21.9 Å². The molecule has 0 saturated carbocycles. The molecule has 2 N–H and O–H groups in total. The lowest BCUT2D eigenvalue weighted by atomic mass is 9.90. The molecule has 0 radical (unpaired) electrons. The van der Waals surface area contributed by atoms with Crippen molar-refractivity contribution in [2.24, 2.45) is 0 Å². The first-order chi connectivity index (χ1) is 16.0. The summed E-state index contributed by atoms with van der Waals surface area (Å²) in [4.78, 5) is 0.222. The van der Waals surface area contributed by atoms with Gasteiger partial charge in [0.25, 0.3) is 0 Å². The Morgan fingerprint density at radius 3 is 2.33 bits per heavy atom. The Morgan fingerprint density at radius 2 is 1.55 bits per heavy atom. The fraction of sp³-hybridized carbons (Fsp3) is 0.185. The largest absolute Gasteiger partial charge is 0.507 e. The second-order valence-corrected chi connectivity index (χ2v) is 9.88. The van der Waals surface area contributed by atoms with Crippen molar-refractivity contribution in [1.82, 2.24) is 4.72 Å². The molecule has 0 aromatic heterocycles. The number of ether oxygens (including phenoxy) is 1. The van der Waals surface area contributed by atoms with Gasteiger partial charge in [0.2, 0.25) is 10.0 Å². The maximum atomic E-state index is 13.4. The van der Waals surface area contributed by atoms with Gasteiger partial charge in [-0.25, -0.2) is 8.42 Å². The lowest BCUT2D eigenvalue weighted by molar-refractivity contribution is 0.312. The van der Waals surface area contributed by atoms with Gasteiger partial charge < -0.3 is 9.84 Å². The first kappa shape index (κ1) is 21.5. The zero-order valence-corrected chi connectivity index (χ0v) is 19.1. The van der Waals surface area contributed by atoms with Gasteiger partial charge in [-0.3, -0.25) is 0 Å². The Hall–Kier alpha value is -3.35. The molecule has 5 rings (SSSR count). The number of unbranched alkanes of at least 4 members (excludes halogenated alkanes) is 1. The topological polar surface area (TPSA) is 75.6 Å². The molecule has 1 unspecified atom stereocenters. The Bertz CT molecular complexity index is 1450. The maximum Gasteiger partial charge on any atom is 0.242 e. The third kappa shape index (κ3) is 3.75. The molecule has 0 amide bonds. The molecule has 6 heteroatoms. The summed E-state index contributed by atoms with van der Waals surface area (Å²) in [7, 11) is -3.85. The van der Waals surface area contributed by atoms with E-state index in [2.05, 4.69) is 11.6 Å². The zero-order valence-electron chi connectivity index (χ0n) is 18.3. The zero-order chi connectivity index (χ0) is 23.0. The van der Waals surface area contributed by atoms with E-state index in [1.165, 1.54) is 0 Å². The summed E-state index contributed by atoms with van der Waals surface area (Å²) in [6.07, 6.45) is 1.90. The van der Waals surface area contributed by atoms with Crippen LogP contribution in [-0.2, 0) is 10.0 Å². The summed E-state index contributed by atoms with van der Waals surface area (Å²) in [5.74, 6) is 0.673. The van der Waals surface area contributed by atoms with E-state index in [4.69, 9.17) is 4.74 Å². The number of benzene rings is 4. The summed E-state index contributed by atoms with van der Waals surface area (Å²) < 4.78 is 35.7. The summed E-state index contributed by atoms with van der Waals surface area (Å²) >= 11 is 0. The summed E-state index contributed by atoms with van der Waals surface area (Å²) in [6, 6.07) is 23.0. The SMILES string of the molecule is CCCCOc1cc(C2NS(=O)(=O)c3ccccc3-c3ccccc32)c(O)c2ccccc12. The number of hydrogen-bond donors (Lipinski definition) is 2. The highest BCUT2D eigenvalue weighted by molar-refractivity contribution is 7.89. The van der Waals surface area contributed by atoms with Crippen molar-refractivity contribution >= 4 is 20.8 Å². The van der Waals surface area contributed by atoms with Crippen LogP contribution in [0.5, 0.6) is 11.5 Å². The first-order valence-electron chi connectivity index (χ1n) is 11.1. The number of hydrogen-bond acceptors (Lipinski definition) is 4. The van der Waals surface area contributed by atoms with Gasteiger partial charge in [-0.05, 0) is 29.7 Å². The van der Waals surface area contributed by atoms with Gasteiger partial charge in [-0.1, -0.05) is 80.1 Å². The third-order valence-electron chi connectivity index (χ3n) is 6.09. The lowest BCUT2D eigenvalue weighted by Gasteiger charge is -2.22. The van der Waals surface area contributed by atoms with E-state index in [0.717, 1.165) is 29.4 Å². The Kier molecular flexibility index (Phi) is 5.56. The number of sulfonamides is 1. The molecule has 1 heterocycles. The van der Waals surface area contributed by atoms with Crippen LogP contribution in [0.4, 0.5) is 0 Å². The molecular formula is C27H25NO4S. The molecule has 0 bridgehead atoms. The van der Waals surface area contributed by atoms with Crippen molar-refractivity contribution < 1.29 is 18.3 Å². The van der Waals surface area contributed by atoms with Crippen molar-refractivity contribution in [3.8, 4) is 22.6 Å². The molecule has 0 saturated heterocycles. The van der Waals surface area contributed by atoms with Gasteiger partial charge in [0.1, 0.15) is 11.5 Å². The number of rotatable bonds is 5. The van der Waals surface area contributed by atoms with Crippen LogP contribution in [0.2, 0.25) is 0 Å². The van der Waals surface area contributed by atoms with Crippen LogP contribution in [0, 0.1) is 0 Å². The minimum Gasteiger partial charge on any atom is -0.507 e. The van der Waals surface area contributed by atoms with Crippen LogP contribution < -0.4 is 9.46 Å². The highest BCUT2D eigenvalue weighted by Crippen LogP contribution is 2.45. The van der Waals surface area contributed by atoms with Gasteiger partial charge in [0.05, 0.1) is 17.5 Å². The summed E-state index contributed by atoms with van der Waals surface area (Å²) in [5.41, 5.74) is 2.69. The molecule has 0 fully saturated rings. The van der Waals surface area contributed by atoms with Gasteiger partial charge in [0, 0.05) is 21.9 Å². The molecule has 5 nitrogen and oxygen atoms in total. The number of phenolic OH excluding ortho intramolecular Hbond substituents is 1. The molecule has 1 atom stereocenters. The minimum absolute atomic E-state index is 0.0434. The average Bonchev–Trinajstić information content (AvgIpc) is 2.94. The number of aromatic hydroxyl groups is 1. The molecule has 4 aromatic rings. The van der Waals surface area contributed by atoms with Gasteiger partial charge >= 0.3 is 0 Å². The van der Waals surface area contributed by atoms with E-state index in [1.54, 1.807) is 18.2 Å². The van der Waals surface area contributed by atoms with Crippen molar-refractivity contribution in [3.05, 3.63) is 90.0 Å². The Labute approximate surface area is 193 Å². The second-order valence-electron chi connectivity index (χ2n) is 8.20. The van der Waals surface area contributed by atoms with Crippen LogP contribution in [-0.4, -0.2) is 20.1 Å². The molecule has 4 aromatic carbocycles. The van der Waals surface area contributed by atoms with E-state index in [1.807, 2.05) is 60.7 Å². The highest BCUT2D eigenvalue weighted by atomic mass is 32.2. The molecule has 0 aliphatic carbocycles. The average molecular weight is 460 g/mol. The second kappa shape index (κ2) is 8.54. The van der Waals surface area contributed by atoms with E-state index < -0.39 is 16.1 Å². The lowest BCUT2D eigenvalue weighted by Crippen LogP contribution is -2.28. The van der Waals surface area contributed by atoms with Crippen molar-refractivity contribution in [2.75, 3.05) is 6.61 Å². The first-order valence-corrected chi connectivity index (χ1v) is 12.6. The standard InChI is InChI=1S/C27H25NO4S/c1-2-3-16-32-24-17-23(27(29)22-14-7-5-11-19(22)24)26-21-13-6-4-10-18(21)20-12-8-9-15-25(20)33(30,31)28-26/h4-15,17,26,28-29H,2-3,16H2,1H3. The predicted octanol–water partition coefficient (Wildman–Crippen LogP) is 5.77. The molecule has 1 aliphatic heterocycles. The molecule has 168 valence electrons. The Morgan fingerprint density at radius 1 is 0.879 bits per heavy atom. The number of phenols is 1. The number of nitrogens with one attached hydrogen (secondary N) is 1. The molecular weight excluding hydrogens is 434 g/mol. The number of fused-ring (bicyclic) bond motifs is 4. The van der Waals surface area contributed by atoms with Crippen LogP contribution >= 0.6 is 0 Å². The predicted molar refractivity (Wildman–Crippen MR) is 130 cm³/mol. The Balaban J connectivity index is 1.76. The van der Waals surface area contributed by atoms with E-state index in [9.17, 15) is 13.5 Å². The van der Waals surface area contributed by atoms with Gasteiger partial charge in [-0.2, -0.15) is 4.72 Å². The van der Waals surface area contributed by atoms with Crippen LogP contribution in [0.3, 0.4) is 0 Å². The quantitative estimate of drug-likeness (QED) is 0.371. The molecule has 0 spiro atoms. The fourth-order valence-corrected chi connectivity index (χ4v) is 5.86. The smallest absolute Gasteiger partial charge is 0.242 e. The molecule has 1 aliphatic rings. The van der Waals surface area contributed by atoms with E-state index in [-0.39, 0.29) is 10.6 Å². The van der Waals surface area contributed by atoms with Crippen molar-refractivity contribution in [2.45, 2.75) is 30.7 Å². The van der Waals surface area contributed by atoms with Gasteiger partial charge in [0.15, 0.2) is 0 Å².